The third-order valence-electron chi connectivity index (χ3n) is 4.47. The van der Waals surface area contributed by atoms with Gasteiger partial charge < -0.3 is 4.74 Å². The Morgan fingerprint density at radius 1 is 1.29 bits per heavy atom. The van der Waals surface area contributed by atoms with Gasteiger partial charge in [0.1, 0.15) is 5.41 Å². The summed E-state index contributed by atoms with van der Waals surface area (Å²) in [6.07, 6.45) is 0. The second-order valence-corrected chi connectivity index (χ2v) is 5.36. The molecule has 17 heavy (non-hydrogen) atoms. The standard InChI is InChI=1S/C14H14O3/c1-13(2)11-10(15)8-6-4-5-7-9(8)14(11,13)12(16)17-3/h4-7,11H,1-3H3/t11-,14-/m1/s1. The molecular weight excluding hydrogens is 216 g/mol. The molecule has 0 radical (unpaired) electrons. The van der Waals surface area contributed by atoms with Gasteiger partial charge in [0.05, 0.1) is 7.11 Å². The Balaban J connectivity index is 2.28. The van der Waals surface area contributed by atoms with Gasteiger partial charge in [-0.15, -0.1) is 0 Å². The first-order valence-corrected chi connectivity index (χ1v) is 5.71. The summed E-state index contributed by atoms with van der Waals surface area (Å²) in [5, 5.41) is 0. The van der Waals surface area contributed by atoms with Crippen LogP contribution in [0, 0.1) is 11.3 Å². The van der Waals surface area contributed by atoms with Gasteiger partial charge in [-0.1, -0.05) is 38.1 Å². The Morgan fingerprint density at radius 3 is 2.59 bits per heavy atom. The summed E-state index contributed by atoms with van der Waals surface area (Å²) in [4.78, 5) is 24.4. The summed E-state index contributed by atoms with van der Waals surface area (Å²) in [7, 11) is 1.38. The molecule has 2 aliphatic rings. The second-order valence-electron chi connectivity index (χ2n) is 5.36. The number of methoxy groups -OCH3 is 1. The van der Waals surface area contributed by atoms with Crippen LogP contribution in [0.4, 0.5) is 0 Å². The molecule has 88 valence electrons. The van der Waals surface area contributed by atoms with Crippen molar-refractivity contribution >= 4 is 11.8 Å². The van der Waals surface area contributed by atoms with Crippen molar-refractivity contribution < 1.29 is 14.3 Å². The van der Waals surface area contributed by atoms with Crippen LogP contribution >= 0.6 is 0 Å². The van der Waals surface area contributed by atoms with E-state index >= 15 is 0 Å². The van der Waals surface area contributed by atoms with Crippen molar-refractivity contribution in [1.82, 2.24) is 0 Å². The predicted molar refractivity (Wildman–Crippen MR) is 61.7 cm³/mol. The number of esters is 1. The minimum absolute atomic E-state index is 0.0796. The average Bonchev–Trinajstić information content (AvgIpc) is 2.70. The third-order valence-corrected chi connectivity index (χ3v) is 4.47. The Bertz CT molecular complexity index is 544. The van der Waals surface area contributed by atoms with Crippen molar-refractivity contribution in [3.8, 4) is 0 Å². The molecule has 0 heterocycles. The molecule has 3 nitrogen and oxygen atoms in total. The van der Waals surface area contributed by atoms with Crippen LogP contribution in [-0.2, 0) is 14.9 Å². The molecule has 2 aliphatic carbocycles. The number of benzene rings is 1. The highest BCUT2D eigenvalue weighted by molar-refractivity contribution is 6.15. The van der Waals surface area contributed by atoms with Crippen molar-refractivity contribution in [1.29, 1.82) is 0 Å². The molecule has 0 saturated heterocycles. The Kier molecular flexibility index (Phi) is 1.72. The lowest BCUT2D eigenvalue weighted by Crippen LogP contribution is -2.27. The molecule has 1 saturated carbocycles. The summed E-state index contributed by atoms with van der Waals surface area (Å²) < 4.78 is 4.93. The number of fused-ring (bicyclic) bond motifs is 3. The van der Waals surface area contributed by atoms with Crippen LogP contribution < -0.4 is 0 Å². The fourth-order valence-corrected chi connectivity index (χ4v) is 3.64. The Morgan fingerprint density at radius 2 is 1.94 bits per heavy atom. The van der Waals surface area contributed by atoms with Crippen LogP contribution in [0.3, 0.4) is 0 Å². The summed E-state index contributed by atoms with van der Waals surface area (Å²) in [6, 6.07) is 7.37. The number of hydrogen-bond acceptors (Lipinski definition) is 3. The van der Waals surface area contributed by atoms with Gasteiger partial charge >= 0.3 is 5.97 Å². The van der Waals surface area contributed by atoms with E-state index in [4.69, 9.17) is 4.74 Å². The van der Waals surface area contributed by atoms with E-state index < -0.39 is 5.41 Å². The SMILES string of the molecule is COC(=O)[C@@]12c3ccccc3C(=O)[C@@H]1C2(C)C. The van der Waals surface area contributed by atoms with E-state index in [9.17, 15) is 9.59 Å². The van der Waals surface area contributed by atoms with Crippen LogP contribution in [0.15, 0.2) is 24.3 Å². The van der Waals surface area contributed by atoms with Crippen LogP contribution in [0.2, 0.25) is 0 Å². The first-order chi connectivity index (χ1) is 7.99. The number of ketones is 1. The number of hydrogen-bond donors (Lipinski definition) is 0. The van der Waals surface area contributed by atoms with Crippen LogP contribution in [0.1, 0.15) is 29.8 Å². The van der Waals surface area contributed by atoms with E-state index in [0.29, 0.717) is 5.56 Å². The molecule has 1 aromatic rings. The lowest BCUT2D eigenvalue weighted by Gasteiger charge is -2.18. The van der Waals surface area contributed by atoms with Crippen LogP contribution in [0.5, 0.6) is 0 Å². The van der Waals surface area contributed by atoms with E-state index in [0.717, 1.165) is 5.56 Å². The number of Topliss-reactive ketones (excluding diaryl/α,β-unsaturated/α-hetero) is 1. The Labute approximate surface area is 99.8 Å². The minimum atomic E-state index is -0.741. The van der Waals surface area contributed by atoms with Crippen molar-refractivity contribution in [2.24, 2.45) is 11.3 Å². The highest BCUT2D eigenvalue weighted by Gasteiger charge is 2.83. The zero-order chi connectivity index (χ0) is 12.4. The predicted octanol–water partition coefficient (Wildman–Crippen LogP) is 1.95. The molecule has 2 atom stereocenters. The third kappa shape index (κ3) is 0.865. The van der Waals surface area contributed by atoms with E-state index in [1.54, 1.807) is 6.07 Å². The zero-order valence-corrected chi connectivity index (χ0v) is 10.1. The first kappa shape index (κ1) is 10.5. The summed E-state index contributed by atoms with van der Waals surface area (Å²) in [6.45, 7) is 3.92. The molecule has 3 heteroatoms. The van der Waals surface area contributed by atoms with Crippen molar-refractivity contribution in [2.75, 3.05) is 7.11 Å². The summed E-state index contributed by atoms with van der Waals surface area (Å²) in [5.41, 5.74) is 0.454. The average molecular weight is 230 g/mol. The van der Waals surface area contributed by atoms with Gasteiger partial charge in [-0.25, -0.2) is 0 Å². The molecule has 0 aromatic heterocycles. The maximum Gasteiger partial charge on any atom is 0.317 e. The first-order valence-electron chi connectivity index (χ1n) is 5.71. The van der Waals surface area contributed by atoms with E-state index in [2.05, 4.69) is 0 Å². The van der Waals surface area contributed by atoms with Crippen molar-refractivity contribution in [3.63, 3.8) is 0 Å². The van der Waals surface area contributed by atoms with Crippen LogP contribution in [-0.4, -0.2) is 18.9 Å². The lowest BCUT2D eigenvalue weighted by atomic mass is 9.86. The Hall–Kier alpha value is -1.64. The fraction of sp³-hybridized carbons (Fsp3) is 0.429. The van der Waals surface area contributed by atoms with Gasteiger partial charge in [-0.2, -0.15) is 0 Å². The van der Waals surface area contributed by atoms with E-state index in [-0.39, 0.29) is 23.1 Å². The smallest absolute Gasteiger partial charge is 0.317 e. The van der Waals surface area contributed by atoms with Crippen molar-refractivity contribution in [3.05, 3.63) is 35.4 Å². The summed E-state index contributed by atoms with van der Waals surface area (Å²) >= 11 is 0. The van der Waals surface area contributed by atoms with Gasteiger partial charge in [0.2, 0.25) is 0 Å². The second kappa shape index (κ2) is 2.78. The monoisotopic (exact) mass is 230 g/mol. The molecule has 0 bridgehead atoms. The maximum absolute atomic E-state index is 12.3. The van der Waals surface area contributed by atoms with Crippen LogP contribution in [0.25, 0.3) is 0 Å². The maximum atomic E-state index is 12.3. The number of carbonyl (C=O) groups excluding carboxylic acids is 2. The minimum Gasteiger partial charge on any atom is -0.468 e. The highest BCUT2D eigenvalue weighted by atomic mass is 16.5. The summed E-state index contributed by atoms with van der Waals surface area (Å²) in [5.74, 6) is -0.457. The van der Waals surface area contributed by atoms with E-state index in [1.165, 1.54) is 7.11 Å². The molecule has 0 N–H and O–H groups in total. The van der Waals surface area contributed by atoms with Gasteiger partial charge in [0.25, 0.3) is 0 Å². The van der Waals surface area contributed by atoms with Gasteiger partial charge in [-0.05, 0) is 11.0 Å². The number of carbonyl (C=O) groups is 2. The molecule has 0 amide bonds. The molecule has 0 unspecified atom stereocenters. The molecule has 1 aromatic carbocycles. The van der Waals surface area contributed by atoms with Gasteiger partial charge in [0.15, 0.2) is 5.78 Å². The molecular formula is C14H14O3. The fourth-order valence-electron chi connectivity index (χ4n) is 3.64. The molecule has 3 rings (SSSR count). The highest BCUT2D eigenvalue weighted by Crippen LogP contribution is 2.74. The van der Waals surface area contributed by atoms with Crippen molar-refractivity contribution in [2.45, 2.75) is 19.3 Å². The van der Waals surface area contributed by atoms with Gasteiger partial charge in [0, 0.05) is 11.5 Å². The van der Waals surface area contributed by atoms with Gasteiger partial charge in [-0.3, -0.25) is 9.59 Å². The molecule has 0 aliphatic heterocycles. The quantitative estimate of drug-likeness (QED) is 0.692. The topological polar surface area (TPSA) is 43.4 Å². The molecule has 1 fully saturated rings. The zero-order valence-electron chi connectivity index (χ0n) is 10.1. The number of ether oxygens (including phenoxy) is 1. The van der Waals surface area contributed by atoms with E-state index in [1.807, 2.05) is 32.0 Å². The molecule has 0 spiro atoms. The lowest BCUT2D eigenvalue weighted by molar-refractivity contribution is -0.144. The largest absolute Gasteiger partial charge is 0.468 e. The number of rotatable bonds is 1. The normalized spacial score (nSPS) is 31.7.